The largest absolute Gasteiger partial charge is 0.494 e. The number of rotatable bonds is 6. The lowest BCUT2D eigenvalue weighted by molar-refractivity contribution is 0.0467. The van der Waals surface area contributed by atoms with E-state index in [0.29, 0.717) is 28.6 Å². The molecule has 8 heteroatoms. The first-order valence-corrected chi connectivity index (χ1v) is 8.71. The highest BCUT2D eigenvalue weighted by Gasteiger charge is 2.11. The average molecular weight is 359 g/mol. The molecule has 0 atom stereocenters. The fraction of sp³-hybridized carbons (Fsp3) is 0.294. The van der Waals surface area contributed by atoms with Crippen LogP contribution in [0.15, 0.2) is 35.1 Å². The van der Waals surface area contributed by atoms with Crippen LogP contribution in [0, 0.1) is 0 Å². The summed E-state index contributed by atoms with van der Waals surface area (Å²) >= 11 is 1.35. The van der Waals surface area contributed by atoms with E-state index >= 15 is 0 Å². The lowest BCUT2D eigenvalue weighted by Crippen LogP contribution is -2.16. The molecule has 0 spiro atoms. The van der Waals surface area contributed by atoms with Crippen molar-refractivity contribution in [2.75, 3.05) is 6.61 Å². The molecule has 0 amide bonds. The Morgan fingerprint density at radius 2 is 2.00 bits per heavy atom. The summed E-state index contributed by atoms with van der Waals surface area (Å²) in [6, 6.07) is 8.02. The zero-order chi connectivity index (χ0) is 17.8. The maximum absolute atomic E-state index is 12.1. The van der Waals surface area contributed by atoms with Gasteiger partial charge in [0.2, 0.25) is 4.96 Å². The van der Waals surface area contributed by atoms with E-state index < -0.39 is 5.97 Å². The van der Waals surface area contributed by atoms with Crippen LogP contribution in [0.1, 0.15) is 34.9 Å². The van der Waals surface area contributed by atoms with Gasteiger partial charge in [0.1, 0.15) is 17.4 Å². The zero-order valence-corrected chi connectivity index (χ0v) is 14.7. The molecule has 2 heterocycles. The molecule has 0 aliphatic heterocycles. The Bertz CT molecular complexity index is 947. The van der Waals surface area contributed by atoms with E-state index in [1.165, 1.54) is 21.9 Å². The SMILES string of the molecule is CCOc1ccc(C(=O)OCc2cc(=O)n3nc(CC)sc3n2)cc1. The van der Waals surface area contributed by atoms with Crippen LogP contribution in [-0.2, 0) is 17.8 Å². The van der Waals surface area contributed by atoms with Gasteiger partial charge < -0.3 is 9.47 Å². The summed E-state index contributed by atoms with van der Waals surface area (Å²) in [5, 5.41) is 5.01. The van der Waals surface area contributed by atoms with Crippen LogP contribution >= 0.6 is 11.3 Å². The predicted molar refractivity (Wildman–Crippen MR) is 93.2 cm³/mol. The first-order chi connectivity index (χ1) is 12.1. The molecule has 0 N–H and O–H groups in total. The van der Waals surface area contributed by atoms with Crippen LogP contribution in [-0.4, -0.2) is 27.2 Å². The van der Waals surface area contributed by atoms with Gasteiger partial charge in [-0.05, 0) is 37.6 Å². The van der Waals surface area contributed by atoms with E-state index in [9.17, 15) is 9.59 Å². The number of aromatic nitrogens is 3. The zero-order valence-electron chi connectivity index (χ0n) is 13.9. The number of hydrogen-bond acceptors (Lipinski definition) is 7. The normalized spacial score (nSPS) is 10.8. The van der Waals surface area contributed by atoms with Gasteiger partial charge in [-0.15, -0.1) is 0 Å². The summed E-state index contributed by atoms with van der Waals surface area (Å²) in [6.45, 7) is 4.34. The van der Waals surface area contributed by atoms with Gasteiger partial charge in [0.15, 0.2) is 0 Å². The third kappa shape index (κ3) is 3.85. The summed E-state index contributed by atoms with van der Waals surface area (Å²) in [5.74, 6) is 0.208. The maximum Gasteiger partial charge on any atom is 0.338 e. The molecule has 0 aliphatic carbocycles. The minimum absolute atomic E-state index is 0.0723. The van der Waals surface area contributed by atoms with Crippen molar-refractivity contribution in [2.45, 2.75) is 26.9 Å². The van der Waals surface area contributed by atoms with Crippen molar-refractivity contribution in [3.63, 3.8) is 0 Å². The van der Waals surface area contributed by atoms with Crippen LogP contribution in [0.25, 0.3) is 4.96 Å². The number of carbonyl (C=O) groups is 1. The molecule has 2 aromatic heterocycles. The van der Waals surface area contributed by atoms with Gasteiger partial charge in [-0.1, -0.05) is 18.3 Å². The van der Waals surface area contributed by atoms with E-state index in [2.05, 4.69) is 10.1 Å². The van der Waals surface area contributed by atoms with Crippen molar-refractivity contribution in [3.8, 4) is 5.75 Å². The van der Waals surface area contributed by atoms with E-state index in [0.717, 1.165) is 11.4 Å². The van der Waals surface area contributed by atoms with Gasteiger partial charge in [0.25, 0.3) is 5.56 Å². The third-order valence-corrected chi connectivity index (χ3v) is 4.45. The Morgan fingerprint density at radius 3 is 2.68 bits per heavy atom. The predicted octanol–water partition coefficient (Wildman–Crippen LogP) is 2.47. The standard InChI is InChI=1S/C17H17N3O4S/c1-3-14-19-20-15(21)9-12(18-17(20)25-14)10-24-16(22)11-5-7-13(8-6-11)23-4-2/h5-9H,3-4,10H2,1-2H3. The molecule has 0 saturated carbocycles. The summed E-state index contributed by atoms with van der Waals surface area (Å²) in [5.41, 5.74) is 0.524. The Morgan fingerprint density at radius 1 is 1.24 bits per heavy atom. The summed E-state index contributed by atoms with van der Waals surface area (Å²) < 4.78 is 11.8. The molecule has 0 unspecified atom stereocenters. The molecule has 7 nitrogen and oxygen atoms in total. The first-order valence-electron chi connectivity index (χ1n) is 7.89. The highest BCUT2D eigenvalue weighted by atomic mass is 32.1. The minimum Gasteiger partial charge on any atom is -0.494 e. The number of aryl methyl sites for hydroxylation is 1. The van der Waals surface area contributed by atoms with Crippen molar-refractivity contribution in [1.82, 2.24) is 14.6 Å². The molecule has 3 aromatic rings. The van der Waals surface area contributed by atoms with Crippen LogP contribution < -0.4 is 10.3 Å². The first kappa shape index (κ1) is 17.1. The number of esters is 1. The number of fused-ring (bicyclic) bond motifs is 1. The molecule has 1 aromatic carbocycles. The van der Waals surface area contributed by atoms with Crippen molar-refractivity contribution in [2.24, 2.45) is 0 Å². The second-order valence-electron chi connectivity index (χ2n) is 5.16. The van der Waals surface area contributed by atoms with Crippen LogP contribution in [0.2, 0.25) is 0 Å². The summed E-state index contributed by atoms with van der Waals surface area (Å²) in [6.07, 6.45) is 0.732. The van der Waals surface area contributed by atoms with Crippen molar-refractivity contribution >= 4 is 22.3 Å². The Balaban J connectivity index is 1.71. The van der Waals surface area contributed by atoms with E-state index in [4.69, 9.17) is 9.47 Å². The smallest absolute Gasteiger partial charge is 0.338 e. The van der Waals surface area contributed by atoms with Crippen LogP contribution in [0.4, 0.5) is 0 Å². The van der Waals surface area contributed by atoms with Gasteiger partial charge in [-0.3, -0.25) is 4.79 Å². The Kier molecular flexibility index (Phi) is 5.08. The van der Waals surface area contributed by atoms with Crippen LogP contribution in [0.3, 0.4) is 0 Å². The summed E-state index contributed by atoms with van der Waals surface area (Å²) in [7, 11) is 0. The lowest BCUT2D eigenvalue weighted by atomic mass is 10.2. The summed E-state index contributed by atoms with van der Waals surface area (Å²) in [4.78, 5) is 29.0. The van der Waals surface area contributed by atoms with Crippen molar-refractivity contribution in [1.29, 1.82) is 0 Å². The molecule has 3 rings (SSSR count). The topological polar surface area (TPSA) is 82.8 Å². The van der Waals surface area contributed by atoms with Crippen molar-refractivity contribution < 1.29 is 14.3 Å². The fourth-order valence-corrected chi connectivity index (χ4v) is 3.05. The van der Waals surface area contributed by atoms with Crippen LogP contribution in [0.5, 0.6) is 5.75 Å². The van der Waals surface area contributed by atoms with Crippen molar-refractivity contribution in [3.05, 3.63) is 57.0 Å². The number of carbonyl (C=O) groups excluding carboxylic acids is 1. The van der Waals surface area contributed by atoms with Gasteiger partial charge in [-0.25, -0.2) is 9.78 Å². The minimum atomic E-state index is -0.483. The highest BCUT2D eigenvalue weighted by molar-refractivity contribution is 7.16. The number of hydrogen-bond donors (Lipinski definition) is 0. The van der Waals surface area contributed by atoms with Gasteiger partial charge in [-0.2, -0.15) is 9.61 Å². The Labute approximate surface area is 147 Å². The fourth-order valence-electron chi connectivity index (χ4n) is 2.19. The van der Waals surface area contributed by atoms with Gasteiger partial charge >= 0.3 is 5.97 Å². The number of benzene rings is 1. The van der Waals surface area contributed by atoms with Gasteiger partial charge in [0.05, 0.1) is 17.9 Å². The monoisotopic (exact) mass is 359 g/mol. The molecule has 0 aliphatic rings. The van der Waals surface area contributed by atoms with E-state index in [1.54, 1.807) is 24.3 Å². The quantitative estimate of drug-likeness (QED) is 0.629. The van der Waals surface area contributed by atoms with Gasteiger partial charge in [0, 0.05) is 6.07 Å². The number of ether oxygens (including phenoxy) is 2. The second-order valence-corrected chi connectivity index (χ2v) is 6.20. The van der Waals surface area contributed by atoms with E-state index in [1.807, 2.05) is 13.8 Å². The second kappa shape index (κ2) is 7.43. The molecule has 0 radical (unpaired) electrons. The Hall–Kier alpha value is -2.74. The molecule has 130 valence electrons. The average Bonchev–Trinajstić information content (AvgIpc) is 3.04. The highest BCUT2D eigenvalue weighted by Crippen LogP contribution is 2.14. The lowest BCUT2D eigenvalue weighted by Gasteiger charge is -2.06. The molecular formula is C17H17N3O4S. The molecule has 0 fully saturated rings. The number of nitrogens with zero attached hydrogens (tertiary/aromatic N) is 3. The maximum atomic E-state index is 12.1. The third-order valence-electron chi connectivity index (χ3n) is 3.39. The molecule has 0 bridgehead atoms. The molecule has 0 saturated heterocycles. The van der Waals surface area contributed by atoms with E-state index in [-0.39, 0.29) is 12.2 Å². The molecule has 25 heavy (non-hydrogen) atoms. The molecular weight excluding hydrogens is 342 g/mol.